The lowest BCUT2D eigenvalue weighted by atomic mass is 9.87. The van der Waals surface area contributed by atoms with Crippen molar-refractivity contribution in [3.63, 3.8) is 0 Å². The van der Waals surface area contributed by atoms with Crippen molar-refractivity contribution in [3.05, 3.63) is 51.3 Å². The maximum absolute atomic E-state index is 14.1. The van der Waals surface area contributed by atoms with Crippen molar-refractivity contribution in [1.29, 1.82) is 0 Å². The summed E-state index contributed by atoms with van der Waals surface area (Å²) in [5.41, 5.74) is -3.86. The summed E-state index contributed by atoms with van der Waals surface area (Å²) in [6.07, 6.45) is -10.4. The molecule has 35 heavy (non-hydrogen) atoms. The van der Waals surface area contributed by atoms with Gasteiger partial charge in [-0.25, -0.2) is 0 Å². The number of nitrogens with zero attached hydrogens (tertiary/aromatic N) is 3. The highest BCUT2D eigenvalue weighted by Gasteiger charge is 2.62. The predicted octanol–water partition coefficient (Wildman–Crippen LogP) is 3.72. The van der Waals surface area contributed by atoms with E-state index in [9.17, 15) is 35.9 Å². The molecule has 3 rings (SSSR count). The van der Waals surface area contributed by atoms with Gasteiger partial charge in [0.15, 0.2) is 0 Å². The van der Waals surface area contributed by atoms with Crippen molar-refractivity contribution in [2.24, 2.45) is 12.2 Å². The third-order valence-electron chi connectivity index (χ3n) is 4.82. The first-order valence-corrected chi connectivity index (χ1v) is 10.3. The number of halogens is 8. The number of hydrogen-bond donors (Lipinski definition) is 2. The molecule has 0 saturated carbocycles. The summed E-state index contributed by atoms with van der Waals surface area (Å²) in [4.78, 5) is 28.7. The van der Waals surface area contributed by atoms with Crippen LogP contribution in [0.25, 0.3) is 0 Å². The molecule has 0 saturated heterocycles. The summed E-state index contributed by atoms with van der Waals surface area (Å²) in [5.74, 6) is -2.00. The van der Waals surface area contributed by atoms with Crippen LogP contribution in [0.1, 0.15) is 28.2 Å². The first-order valence-electron chi connectivity index (χ1n) is 9.56. The Balaban J connectivity index is 1.76. The summed E-state index contributed by atoms with van der Waals surface area (Å²) in [7, 11) is 1.30. The van der Waals surface area contributed by atoms with Crippen LogP contribution < -0.4 is 10.6 Å². The maximum Gasteiger partial charge on any atom is 0.435 e. The van der Waals surface area contributed by atoms with Gasteiger partial charge in [0, 0.05) is 22.7 Å². The number of hydrogen-bond acceptors (Lipinski definition) is 5. The molecule has 1 atom stereocenters. The number of aromatic nitrogens is 2. The van der Waals surface area contributed by atoms with E-state index in [4.69, 9.17) is 28.0 Å². The zero-order valence-electron chi connectivity index (χ0n) is 17.5. The molecular formula is C19H15Cl2F6N5O3. The van der Waals surface area contributed by atoms with Gasteiger partial charge in [0.2, 0.25) is 5.91 Å². The van der Waals surface area contributed by atoms with Gasteiger partial charge in [-0.05, 0) is 24.3 Å². The molecule has 1 unspecified atom stereocenters. The van der Waals surface area contributed by atoms with Gasteiger partial charge in [0.25, 0.3) is 11.5 Å². The number of amides is 2. The minimum Gasteiger partial charge on any atom is -0.374 e. The summed E-state index contributed by atoms with van der Waals surface area (Å²) in [6.45, 7) is -2.34. The average Bonchev–Trinajstić information content (AvgIpc) is 3.34. The second kappa shape index (κ2) is 9.57. The van der Waals surface area contributed by atoms with Crippen LogP contribution in [0.2, 0.25) is 10.0 Å². The minimum absolute atomic E-state index is 0.0516. The molecule has 2 amide bonds. The van der Waals surface area contributed by atoms with E-state index in [1.54, 1.807) is 5.32 Å². The fourth-order valence-electron chi connectivity index (χ4n) is 3.16. The Labute approximate surface area is 203 Å². The molecule has 1 aliphatic heterocycles. The van der Waals surface area contributed by atoms with Crippen LogP contribution in [0.5, 0.6) is 0 Å². The molecule has 16 heteroatoms. The Morgan fingerprint density at radius 1 is 1.09 bits per heavy atom. The van der Waals surface area contributed by atoms with E-state index in [0.29, 0.717) is 0 Å². The van der Waals surface area contributed by atoms with E-state index < -0.39 is 49.3 Å². The Morgan fingerprint density at radius 3 is 2.29 bits per heavy atom. The van der Waals surface area contributed by atoms with Crippen LogP contribution in [-0.2, 0) is 22.3 Å². The van der Waals surface area contributed by atoms with Gasteiger partial charge in [-0.1, -0.05) is 28.4 Å². The highest BCUT2D eigenvalue weighted by molar-refractivity contribution is 6.34. The van der Waals surface area contributed by atoms with E-state index in [1.165, 1.54) is 13.1 Å². The van der Waals surface area contributed by atoms with Gasteiger partial charge < -0.3 is 15.5 Å². The van der Waals surface area contributed by atoms with E-state index in [-0.39, 0.29) is 32.7 Å². The number of aryl methyl sites for hydroxylation is 1. The van der Waals surface area contributed by atoms with Gasteiger partial charge in [-0.3, -0.25) is 14.3 Å². The number of oxime groups is 1. The van der Waals surface area contributed by atoms with Crippen molar-refractivity contribution in [2.75, 3.05) is 13.1 Å². The number of nitrogens with one attached hydrogen (secondary N) is 2. The molecule has 0 aliphatic carbocycles. The fraction of sp³-hybridized carbons (Fsp3) is 0.368. The van der Waals surface area contributed by atoms with Crippen LogP contribution in [0.4, 0.5) is 26.3 Å². The van der Waals surface area contributed by atoms with Crippen molar-refractivity contribution in [1.82, 2.24) is 20.4 Å². The summed E-state index contributed by atoms with van der Waals surface area (Å²) < 4.78 is 79.7. The first kappa shape index (κ1) is 26.6. The molecule has 2 N–H and O–H groups in total. The smallest absolute Gasteiger partial charge is 0.374 e. The molecule has 1 aliphatic rings. The Kier molecular flexibility index (Phi) is 7.27. The van der Waals surface area contributed by atoms with Crippen LogP contribution >= 0.6 is 23.2 Å². The minimum atomic E-state index is -4.94. The summed E-state index contributed by atoms with van der Waals surface area (Å²) >= 11 is 11.7. The SMILES string of the molecule is Cn1nc(C2=NOC(c3cc(Cl)cc(Cl)c3)(C(F)(F)F)C2)cc1C(=O)NCC(=O)NCC(F)(F)F. The van der Waals surface area contributed by atoms with Crippen molar-refractivity contribution in [2.45, 2.75) is 24.4 Å². The first-order chi connectivity index (χ1) is 16.1. The van der Waals surface area contributed by atoms with Gasteiger partial charge in [-0.2, -0.15) is 31.4 Å². The van der Waals surface area contributed by atoms with Gasteiger partial charge in [0.1, 0.15) is 23.6 Å². The molecule has 0 fully saturated rings. The molecular weight excluding hydrogens is 531 g/mol. The molecule has 190 valence electrons. The molecule has 0 spiro atoms. The van der Waals surface area contributed by atoms with Crippen LogP contribution in [0.3, 0.4) is 0 Å². The maximum atomic E-state index is 14.1. The lowest BCUT2D eigenvalue weighted by molar-refractivity contribution is -0.275. The molecule has 8 nitrogen and oxygen atoms in total. The van der Waals surface area contributed by atoms with E-state index in [2.05, 4.69) is 15.6 Å². The summed E-state index contributed by atoms with van der Waals surface area (Å²) in [6, 6.07) is 4.43. The molecule has 2 heterocycles. The average molecular weight is 546 g/mol. The van der Waals surface area contributed by atoms with Gasteiger partial charge >= 0.3 is 12.4 Å². The monoisotopic (exact) mass is 545 g/mol. The van der Waals surface area contributed by atoms with Crippen LogP contribution in [-0.4, -0.2) is 52.7 Å². The van der Waals surface area contributed by atoms with Gasteiger partial charge in [0.05, 0.1) is 13.0 Å². The van der Waals surface area contributed by atoms with Crippen molar-refractivity contribution >= 4 is 40.7 Å². The zero-order valence-corrected chi connectivity index (χ0v) is 19.0. The molecule has 0 bridgehead atoms. The lowest BCUT2D eigenvalue weighted by Crippen LogP contribution is -2.42. The highest BCUT2D eigenvalue weighted by Crippen LogP contribution is 2.49. The molecule has 1 aromatic carbocycles. The predicted molar refractivity (Wildman–Crippen MR) is 111 cm³/mol. The topological polar surface area (TPSA) is 97.6 Å². The van der Waals surface area contributed by atoms with Crippen molar-refractivity contribution < 1.29 is 40.8 Å². The second-order valence-electron chi connectivity index (χ2n) is 7.40. The Bertz CT molecular complexity index is 1160. The third kappa shape index (κ3) is 5.99. The summed E-state index contributed by atoms with van der Waals surface area (Å²) in [5, 5.41) is 11.1. The fourth-order valence-corrected chi connectivity index (χ4v) is 3.69. The molecule has 0 radical (unpaired) electrons. The number of carbonyl (C=O) groups is 2. The lowest BCUT2D eigenvalue weighted by Gasteiger charge is -2.29. The number of benzene rings is 1. The molecule has 1 aromatic heterocycles. The highest BCUT2D eigenvalue weighted by atomic mass is 35.5. The Morgan fingerprint density at radius 2 is 1.71 bits per heavy atom. The standard InChI is InChI=1S/C19H15Cl2F6N5O3/c1-32-14(16(34)28-7-15(33)29-8-18(22,23)24)5-12(30-32)13-6-17(35-31-13,19(25,26)27)9-2-10(20)4-11(21)3-9/h2-5H,6-8H2,1H3,(H,28,34)(H,29,33). The number of alkyl halides is 6. The van der Waals surface area contributed by atoms with Gasteiger partial charge in [-0.15, -0.1) is 0 Å². The quantitative estimate of drug-likeness (QED) is 0.540. The third-order valence-corrected chi connectivity index (χ3v) is 5.25. The van der Waals surface area contributed by atoms with E-state index in [1.807, 2.05) is 0 Å². The number of carbonyl (C=O) groups excluding carboxylic acids is 2. The largest absolute Gasteiger partial charge is 0.435 e. The van der Waals surface area contributed by atoms with E-state index >= 15 is 0 Å². The number of rotatable bonds is 6. The normalized spacial score (nSPS) is 18.1. The van der Waals surface area contributed by atoms with Crippen molar-refractivity contribution in [3.8, 4) is 0 Å². The Hall–Kier alpha value is -3.00. The van der Waals surface area contributed by atoms with Crippen LogP contribution in [0, 0.1) is 0 Å². The second-order valence-corrected chi connectivity index (χ2v) is 8.27. The van der Waals surface area contributed by atoms with E-state index in [0.717, 1.165) is 22.9 Å². The zero-order chi connectivity index (χ0) is 26.2. The molecule has 2 aromatic rings. The van der Waals surface area contributed by atoms with Crippen LogP contribution in [0.15, 0.2) is 29.4 Å².